The predicted octanol–water partition coefficient (Wildman–Crippen LogP) is 0.920. The Morgan fingerprint density at radius 2 is 2.09 bits per heavy atom. The molecule has 0 fully saturated rings. The van der Waals surface area contributed by atoms with Crippen LogP contribution in [0.5, 0.6) is 0 Å². The van der Waals surface area contributed by atoms with Gasteiger partial charge in [0.15, 0.2) is 5.82 Å². The zero-order valence-corrected chi connectivity index (χ0v) is 13.8. The molecule has 0 radical (unpaired) electrons. The molecule has 0 aliphatic carbocycles. The highest BCUT2D eigenvalue weighted by atomic mass is 32.2. The molecule has 8 nitrogen and oxygen atoms in total. The van der Waals surface area contributed by atoms with E-state index in [0.717, 1.165) is 37.5 Å². The fraction of sp³-hybridized carbons (Fsp3) is 0.500. The minimum Gasteiger partial charge on any atom is -0.363 e. The molecule has 0 spiro atoms. The van der Waals surface area contributed by atoms with Crippen LogP contribution < -0.4 is 10.0 Å². The Kier molecular flexibility index (Phi) is 4.58. The summed E-state index contributed by atoms with van der Waals surface area (Å²) in [7, 11) is -2.08. The summed E-state index contributed by atoms with van der Waals surface area (Å²) in [5.74, 6) is 2.53. The number of hydrogen-bond donors (Lipinski definition) is 2. The SMILES string of the molecule is CNS(=O)(=O)c1ccc(NCc2nnc3n2CCCCC3)nc1. The van der Waals surface area contributed by atoms with Crippen LogP contribution in [0.25, 0.3) is 0 Å². The minimum absolute atomic E-state index is 0.141. The third-order valence-corrected chi connectivity index (χ3v) is 5.33. The lowest BCUT2D eigenvalue weighted by Gasteiger charge is -2.09. The molecule has 0 atom stereocenters. The van der Waals surface area contributed by atoms with E-state index in [1.54, 1.807) is 6.07 Å². The van der Waals surface area contributed by atoms with Crippen LogP contribution in [0.3, 0.4) is 0 Å². The molecule has 0 amide bonds. The topological polar surface area (TPSA) is 102 Å². The number of rotatable bonds is 5. The fourth-order valence-electron chi connectivity index (χ4n) is 2.61. The average Bonchev–Trinajstić information content (AvgIpc) is 2.79. The number of hydrogen-bond acceptors (Lipinski definition) is 6. The minimum atomic E-state index is -3.46. The molecule has 2 aromatic heterocycles. The van der Waals surface area contributed by atoms with E-state index in [4.69, 9.17) is 0 Å². The van der Waals surface area contributed by atoms with Crippen LogP contribution in [0.15, 0.2) is 23.2 Å². The van der Waals surface area contributed by atoms with E-state index in [1.165, 1.54) is 25.7 Å². The van der Waals surface area contributed by atoms with Crippen molar-refractivity contribution >= 4 is 15.8 Å². The summed E-state index contributed by atoms with van der Waals surface area (Å²) < 4.78 is 27.7. The molecule has 0 aromatic carbocycles. The van der Waals surface area contributed by atoms with Gasteiger partial charge in [0.2, 0.25) is 10.0 Å². The largest absolute Gasteiger partial charge is 0.363 e. The Labute approximate surface area is 135 Å². The van der Waals surface area contributed by atoms with Gasteiger partial charge in [-0.1, -0.05) is 6.42 Å². The fourth-order valence-corrected chi connectivity index (χ4v) is 3.28. The van der Waals surface area contributed by atoms with Crippen molar-refractivity contribution in [3.8, 4) is 0 Å². The van der Waals surface area contributed by atoms with Gasteiger partial charge in [0.25, 0.3) is 0 Å². The molecule has 0 unspecified atom stereocenters. The van der Waals surface area contributed by atoms with Gasteiger partial charge in [-0.2, -0.15) is 0 Å². The van der Waals surface area contributed by atoms with E-state index in [1.807, 2.05) is 0 Å². The summed E-state index contributed by atoms with van der Waals surface area (Å²) in [6, 6.07) is 3.16. The Bertz CT molecular complexity index is 769. The van der Waals surface area contributed by atoms with E-state index in [-0.39, 0.29) is 4.90 Å². The number of fused-ring (bicyclic) bond motifs is 1. The monoisotopic (exact) mass is 336 g/mol. The quantitative estimate of drug-likeness (QED) is 0.842. The van der Waals surface area contributed by atoms with E-state index >= 15 is 0 Å². The first kappa shape index (κ1) is 15.9. The molecule has 23 heavy (non-hydrogen) atoms. The normalized spacial score (nSPS) is 15.0. The average molecular weight is 336 g/mol. The molecule has 2 N–H and O–H groups in total. The smallest absolute Gasteiger partial charge is 0.241 e. The molecule has 3 rings (SSSR count). The van der Waals surface area contributed by atoms with E-state index in [2.05, 4.69) is 29.8 Å². The van der Waals surface area contributed by atoms with Crippen LogP contribution in [0.2, 0.25) is 0 Å². The number of anilines is 1. The summed E-state index contributed by atoms with van der Waals surface area (Å²) in [6.45, 7) is 1.46. The second-order valence-corrected chi connectivity index (χ2v) is 7.32. The van der Waals surface area contributed by atoms with E-state index in [9.17, 15) is 8.42 Å². The van der Waals surface area contributed by atoms with Crippen LogP contribution >= 0.6 is 0 Å². The van der Waals surface area contributed by atoms with Gasteiger partial charge < -0.3 is 9.88 Å². The molecule has 1 aliphatic heterocycles. The molecule has 124 valence electrons. The lowest BCUT2D eigenvalue weighted by Crippen LogP contribution is -2.18. The third kappa shape index (κ3) is 3.50. The number of aryl methyl sites for hydroxylation is 1. The van der Waals surface area contributed by atoms with Crippen molar-refractivity contribution in [2.24, 2.45) is 0 Å². The lowest BCUT2D eigenvalue weighted by molar-refractivity contribution is 0.588. The molecule has 0 saturated heterocycles. The predicted molar refractivity (Wildman–Crippen MR) is 85.4 cm³/mol. The maximum absolute atomic E-state index is 11.7. The van der Waals surface area contributed by atoms with Crippen molar-refractivity contribution < 1.29 is 8.42 Å². The first-order chi connectivity index (χ1) is 11.1. The molecular formula is C14H20N6O2S. The van der Waals surface area contributed by atoms with Gasteiger partial charge in [0.05, 0.1) is 6.54 Å². The van der Waals surface area contributed by atoms with Gasteiger partial charge in [0.1, 0.15) is 16.5 Å². The van der Waals surface area contributed by atoms with Crippen LogP contribution in [0, 0.1) is 0 Å². The first-order valence-corrected chi connectivity index (χ1v) is 9.13. The lowest BCUT2D eigenvalue weighted by atomic mass is 10.2. The van der Waals surface area contributed by atoms with Crippen LogP contribution in [0.4, 0.5) is 5.82 Å². The van der Waals surface area contributed by atoms with E-state index in [0.29, 0.717) is 12.4 Å². The van der Waals surface area contributed by atoms with Crippen molar-refractivity contribution in [3.05, 3.63) is 30.0 Å². The first-order valence-electron chi connectivity index (χ1n) is 7.64. The van der Waals surface area contributed by atoms with Gasteiger partial charge in [-0.25, -0.2) is 18.1 Å². The highest BCUT2D eigenvalue weighted by Gasteiger charge is 2.15. The van der Waals surface area contributed by atoms with Gasteiger partial charge >= 0.3 is 0 Å². The third-order valence-electron chi connectivity index (χ3n) is 3.93. The Hall–Kier alpha value is -2.00. The summed E-state index contributed by atoms with van der Waals surface area (Å²) in [5.41, 5.74) is 0. The highest BCUT2D eigenvalue weighted by molar-refractivity contribution is 7.89. The van der Waals surface area contributed by atoms with Gasteiger partial charge in [-0.15, -0.1) is 10.2 Å². The van der Waals surface area contributed by atoms with Crippen molar-refractivity contribution in [2.45, 2.75) is 43.7 Å². The number of aromatic nitrogens is 4. The second-order valence-electron chi connectivity index (χ2n) is 5.44. The second kappa shape index (κ2) is 6.63. The number of sulfonamides is 1. The maximum atomic E-state index is 11.7. The molecule has 0 bridgehead atoms. The van der Waals surface area contributed by atoms with Gasteiger partial charge in [-0.05, 0) is 32.0 Å². The van der Waals surface area contributed by atoms with Crippen molar-refractivity contribution in [3.63, 3.8) is 0 Å². The Morgan fingerprint density at radius 1 is 1.22 bits per heavy atom. The number of nitrogens with zero attached hydrogens (tertiary/aromatic N) is 4. The maximum Gasteiger partial charge on any atom is 0.241 e. The molecule has 9 heteroatoms. The molecule has 0 saturated carbocycles. The molecular weight excluding hydrogens is 316 g/mol. The number of nitrogens with one attached hydrogen (secondary N) is 2. The summed E-state index contributed by atoms with van der Waals surface area (Å²) in [5, 5.41) is 11.7. The molecule has 2 aromatic rings. The van der Waals surface area contributed by atoms with Crippen LogP contribution in [-0.4, -0.2) is 35.2 Å². The van der Waals surface area contributed by atoms with Crippen molar-refractivity contribution in [1.29, 1.82) is 0 Å². The van der Waals surface area contributed by atoms with Crippen molar-refractivity contribution in [2.75, 3.05) is 12.4 Å². The van der Waals surface area contributed by atoms with E-state index < -0.39 is 10.0 Å². The Morgan fingerprint density at radius 3 is 2.83 bits per heavy atom. The highest BCUT2D eigenvalue weighted by Crippen LogP contribution is 2.16. The summed E-state index contributed by atoms with van der Waals surface area (Å²) >= 11 is 0. The molecule has 3 heterocycles. The Balaban J connectivity index is 1.68. The standard InChI is InChI=1S/C14H20N6O2S/c1-15-23(21,22)11-6-7-12(16-9-11)17-10-14-19-18-13-5-3-2-4-8-20(13)14/h6-7,9,15H,2-5,8,10H2,1H3,(H,16,17). The zero-order valence-electron chi connectivity index (χ0n) is 13.0. The van der Waals surface area contributed by atoms with Crippen molar-refractivity contribution in [1.82, 2.24) is 24.5 Å². The van der Waals surface area contributed by atoms with Crippen LogP contribution in [-0.2, 0) is 29.5 Å². The zero-order chi connectivity index (χ0) is 16.3. The van der Waals surface area contributed by atoms with Gasteiger partial charge in [-0.3, -0.25) is 0 Å². The molecule has 1 aliphatic rings. The number of pyridine rings is 1. The van der Waals surface area contributed by atoms with Crippen LogP contribution in [0.1, 0.15) is 30.9 Å². The summed E-state index contributed by atoms with van der Waals surface area (Å²) in [4.78, 5) is 4.28. The summed E-state index contributed by atoms with van der Waals surface area (Å²) in [6.07, 6.45) is 5.83. The van der Waals surface area contributed by atoms with Gasteiger partial charge in [0, 0.05) is 19.2 Å².